The van der Waals surface area contributed by atoms with Crippen molar-refractivity contribution in [3.05, 3.63) is 71.6 Å². The molecule has 0 aliphatic carbocycles. The monoisotopic (exact) mass is 482 g/mol. The summed E-state index contributed by atoms with van der Waals surface area (Å²) in [6, 6.07) is 19.2. The van der Waals surface area contributed by atoms with Crippen molar-refractivity contribution in [3.63, 3.8) is 0 Å². The third-order valence-electron chi connectivity index (χ3n) is 2.81. The fraction of sp³-hybridized carbons (Fsp3) is 0.105. The zero-order valence-electron chi connectivity index (χ0n) is 15.3. The second-order valence-electron chi connectivity index (χ2n) is 4.76. The van der Waals surface area contributed by atoms with Crippen LogP contribution in [0.2, 0.25) is 0 Å². The molecule has 150 valence electrons. The SMILES string of the molecule is CO.NC(N)=S.Nc1nc(-c2ccccc2)cs1.O=C(CBr)c1ccccc1. The highest BCUT2D eigenvalue weighted by Crippen LogP contribution is 2.22. The number of hydrogen-bond donors (Lipinski definition) is 4. The van der Waals surface area contributed by atoms with Crippen LogP contribution >= 0.6 is 39.5 Å². The van der Waals surface area contributed by atoms with Crippen LogP contribution in [0.25, 0.3) is 11.3 Å². The number of carbonyl (C=O) groups excluding carboxylic acids is 1. The number of hydrogen-bond acceptors (Lipinski definition) is 6. The number of carbonyl (C=O) groups is 1. The quantitative estimate of drug-likeness (QED) is 0.255. The molecule has 28 heavy (non-hydrogen) atoms. The largest absolute Gasteiger partial charge is 0.400 e. The van der Waals surface area contributed by atoms with Crippen LogP contribution in [0.5, 0.6) is 0 Å². The van der Waals surface area contributed by atoms with Crippen LogP contribution in [0, 0.1) is 0 Å². The number of Topliss-reactive ketones (excluding diaryl/α,β-unsaturated/α-hetero) is 1. The minimum Gasteiger partial charge on any atom is -0.400 e. The van der Waals surface area contributed by atoms with Gasteiger partial charge in [0.2, 0.25) is 0 Å². The first-order valence-electron chi connectivity index (χ1n) is 7.84. The van der Waals surface area contributed by atoms with Crippen molar-refractivity contribution in [1.82, 2.24) is 4.98 Å². The third kappa shape index (κ3) is 11.4. The van der Waals surface area contributed by atoms with Crippen molar-refractivity contribution in [1.29, 1.82) is 0 Å². The van der Waals surface area contributed by atoms with Crippen LogP contribution in [-0.4, -0.2) is 33.4 Å². The number of alkyl halides is 1. The van der Waals surface area contributed by atoms with E-state index in [-0.39, 0.29) is 10.9 Å². The average Bonchev–Trinajstić information content (AvgIpc) is 3.17. The predicted octanol–water partition coefficient (Wildman–Crippen LogP) is 3.45. The molecule has 0 bridgehead atoms. The molecular formula is C19H23BrN4O2S2. The second-order valence-corrected chi connectivity index (χ2v) is 6.68. The van der Waals surface area contributed by atoms with Crippen molar-refractivity contribution in [2.45, 2.75) is 0 Å². The lowest BCUT2D eigenvalue weighted by atomic mass is 10.2. The Morgan fingerprint density at radius 1 is 1.07 bits per heavy atom. The molecule has 0 unspecified atom stereocenters. The molecule has 2 aromatic carbocycles. The van der Waals surface area contributed by atoms with Crippen molar-refractivity contribution in [3.8, 4) is 11.3 Å². The van der Waals surface area contributed by atoms with Gasteiger partial charge in [0.1, 0.15) is 0 Å². The lowest BCUT2D eigenvalue weighted by Gasteiger charge is -1.92. The van der Waals surface area contributed by atoms with Gasteiger partial charge in [0.15, 0.2) is 16.0 Å². The first-order chi connectivity index (χ1) is 13.4. The summed E-state index contributed by atoms with van der Waals surface area (Å²) in [6.07, 6.45) is 0. The number of halogens is 1. The Morgan fingerprint density at radius 3 is 1.93 bits per heavy atom. The first kappa shape index (κ1) is 25.7. The summed E-state index contributed by atoms with van der Waals surface area (Å²) >= 11 is 8.66. The van der Waals surface area contributed by atoms with Crippen LogP contribution in [0.4, 0.5) is 5.13 Å². The average molecular weight is 483 g/mol. The van der Waals surface area contributed by atoms with Gasteiger partial charge in [-0.3, -0.25) is 4.79 Å². The van der Waals surface area contributed by atoms with Crippen molar-refractivity contribution in [2.75, 3.05) is 18.2 Å². The molecule has 0 saturated carbocycles. The van der Waals surface area contributed by atoms with Gasteiger partial charge >= 0.3 is 0 Å². The summed E-state index contributed by atoms with van der Waals surface area (Å²) < 4.78 is 0. The predicted molar refractivity (Wildman–Crippen MR) is 126 cm³/mol. The Bertz CT molecular complexity index is 811. The molecular weight excluding hydrogens is 460 g/mol. The number of rotatable bonds is 3. The van der Waals surface area contributed by atoms with Gasteiger partial charge in [-0.2, -0.15) is 0 Å². The Hall–Kier alpha value is -2.33. The molecule has 0 aliphatic heterocycles. The number of benzene rings is 2. The van der Waals surface area contributed by atoms with E-state index in [2.05, 4.69) is 44.6 Å². The molecule has 3 aromatic rings. The van der Waals surface area contributed by atoms with Crippen LogP contribution in [0.15, 0.2) is 66.0 Å². The van der Waals surface area contributed by atoms with Crippen molar-refractivity contribution in [2.24, 2.45) is 11.5 Å². The Labute approximate surface area is 182 Å². The summed E-state index contributed by atoms with van der Waals surface area (Å²) in [5, 5.41) is 9.98. The molecule has 3 rings (SSSR count). The smallest absolute Gasteiger partial charge is 0.180 e. The highest BCUT2D eigenvalue weighted by atomic mass is 79.9. The number of thiazole rings is 1. The fourth-order valence-corrected chi connectivity index (χ4v) is 2.63. The van der Waals surface area contributed by atoms with Gasteiger partial charge < -0.3 is 22.3 Å². The van der Waals surface area contributed by atoms with Gasteiger partial charge in [0, 0.05) is 23.6 Å². The number of aliphatic hydroxyl groups is 1. The van der Waals surface area contributed by atoms with Crippen LogP contribution < -0.4 is 17.2 Å². The van der Waals surface area contributed by atoms with E-state index in [1.54, 1.807) is 0 Å². The molecule has 0 amide bonds. The number of nitrogen functional groups attached to an aromatic ring is 1. The minimum atomic E-state index is 0.000000000000000222. The summed E-state index contributed by atoms with van der Waals surface area (Å²) in [5.41, 5.74) is 17.6. The molecule has 0 fully saturated rings. The molecule has 0 radical (unpaired) electrons. The molecule has 6 nitrogen and oxygen atoms in total. The number of anilines is 1. The maximum Gasteiger partial charge on any atom is 0.180 e. The van der Waals surface area contributed by atoms with Gasteiger partial charge in [0.25, 0.3) is 0 Å². The Kier molecular flexibility index (Phi) is 14.4. The van der Waals surface area contributed by atoms with E-state index in [0.29, 0.717) is 10.5 Å². The highest BCUT2D eigenvalue weighted by molar-refractivity contribution is 9.09. The second kappa shape index (κ2) is 15.7. The normalized spacial score (nSPS) is 8.68. The fourth-order valence-electron chi connectivity index (χ4n) is 1.73. The van der Waals surface area contributed by atoms with E-state index in [0.717, 1.165) is 23.9 Å². The lowest BCUT2D eigenvalue weighted by Crippen LogP contribution is -2.18. The van der Waals surface area contributed by atoms with E-state index in [1.807, 2.05) is 66.0 Å². The highest BCUT2D eigenvalue weighted by Gasteiger charge is 2.00. The molecule has 1 heterocycles. The van der Waals surface area contributed by atoms with Crippen LogP contribution in [0.3, 0.4) is 0 Å². The number of nitrogens with two attached hydrogens (primary N) is 3. The number of nitrogens with zero attached hydrogens (tertiary/aromatic N) is 1. The number of thiocarbonyl (C=S) groups is 1. The molecule has 7 N–H and O–H groups in total. The van der Waals surface area contributed by atoms with E-state index < -0.39 is 0 Å². The van der Waals surface area contributed by atoms with E-state index in [9.17, 15) is 4.79 Å². The minimum absolute atomic E-state index is 0.000000000000000222. The van der Waals surface area contributed by atoms with Crippen molar-refractivity contribution < 1.29 is 9.90 Å². The van der Waals surface area contributed by atoms with Crippen LogP contribution in [0.1, 0.15) is 10.4 Å². The summed E-state index contributed by atoms with van der Waals surface area (Å²) in [7, 11) is 1.00. The number of aliphatic hydroxyl groups excluding tert-OH is 1. The molecule has 0 atom stereocenters. The van der Waals surface area contributed by atoms with Crippen LogP contribution in [-0.2, 0) is 0 Å². The van der Waals surface area contributed by atoms with Gasteiger partial charge in [-0.15, -0.1) is 11.3 Å². The number of aromatic nitrogens is 1. The summed E-state index contributed by atoms with van der Waals surface area (Å²) in [4.78, 5) is 15.1. The first-order valence-corrected chi connectivity index (χ1v) is 10.2. The van der Waals surface area contributed by atoms with Gasteiger partial charge in [-0.05, 0) is 12.2 Å². The third-order valence-corrected chi connectivity index (χ3v) is 3.99. The van der Waals surface area contributed by atoms with E-state index in [1.165, 1.54) is 11.3 Å². The van der Waals surface area contributed by atoms with E-state index in [4.69, 9.17) is 10.8 Å². The van der Waals surface area contributed by atoms with Gasteiger partial charge in [-0.1, -0.05) is 76.6 Å². The maximum absolute atomic E-state index is 11.0. The number of ketones is 1. The Morgan fingerprint density at radius 2 is 1.54 bits per heavy atom. The van der Waals surface area contributed by atoms with E-state index >= 15 is 0 Å². The topological polar surface area (TPSA) is 128 Å². The molecule has 0 aliphatic rings. The van der Waals surface area contributed by atoms with Gasteiger partial charge in [0.05, 0.1) is 11.0 Å². The standard InChI is InChI=1S/C9H8N2S.C8H7BrO.CH4N2S.CH4O/c10-9-11-8(6-12-9)7-4-2-1-3-5-7;9-6-8(10)7-4-2-1-3-5-7;2-1(3)4;1-2/h1-6H,(H2,10,11);1-5H,6H2;(H4,2,3,4);2H,1H3. The Balaban J connectivity index is 0.000000414. The van der Waals surface area contributed by atoms with Crippen molar-refractivity contribution >= 4 is 55.5 Å². The zero-order chi connectivity index (χ0) is 21.4. The maximum atomic E-state index is 11.0. The molecule has 1 aromatic heterocycles. The molecule has 9 heteroatoms. The summed E-state index contributed by atoms with van der Waals surface area (Å²) in [5.74, 6) is 0.126. The molecule has 0 spiro atoms. The summed E-state index contributed by atoms with van der Waals surface area (Å²) in [6.45, 7) is 0. The van der Waals surface area contributed by atoms with Gasteiger partial charge in [-0.25, -0.2) is 4.98 Å². The zero-order valence-corrected chi connectivity index (χ0v) is 18.5. The lowest BCUT2D eigenvalue weighted by molar-refractivity contribution is 0.102. The molecule has 0 saturated heterocycles.